The lowest BCUT2D eigenvalue weighted by atomic mass is 10.2. The third-order valence-corrected chi connectivity index (χ3v) is 3.05. The van der Waals surface area contributed by atoms with Crippen molar-refractivity contribution >= 4 is 33.9 Å². The van der Waals surface area contributed by atoms with E-state index in [0.29, 0.717) is 16.7 Å². The van der Waals surface area contributed by atoms with E-state index in [1.165, 1.54) is 6.20 Å². The largest absolute Gasteiger partial charge is 0.346 e. The Hall–Kier alpha value is -2.87. The molecule has 0 radical (unpaired) electrons. The van der Waals surface area contributed by atoms with E-state index in [9.17, 15) is 9.59 Å². The van der Waals surface area contributed by atoms with Gasteiger partial charge in [-0.25, -0.2) is 14.8 Å². The summed E-state index contributed by atoms with van der Waals surface area (Å²) in [7, 11) is 0. The maximum atomic E-state index is 12.0. The van der Waals surface area contributed by atoms with Crippen molar-refractivity contribution in [3.8, 4) is 0 Å². The lowest BCUT2D eigenvalue weighted by Crippen LogP contribution is -2.22. The van der Waals surface area contributed by atoms with Crippen molar-refractivity contribution < 1.29 is 0 Å². The molecular weight excluding hydrogens is 290 g/mol. The second kappa shape index (κ2) is 5.25. The zero-order valence-electron chi connectivity index (χ0n) is 10.6. The van der Waals surface area contributed by atoms with Gasteiger partial charge in [-0.1, -0.05) is 24.4 Å². The smallest absolute Gasteiger partial charge is 0.330 e. The predicted molar refractivity (Wildman–Crippen MR) is 82.5 cm³/mol. The number of hydrogen-bond acceptors (Lipinski definition) is 5. The number of thiocarbonyl (C=S) groups is 1. The Morgan fingerprint density at radius 2 is 1.95 bits per heavy atom. The van der Waals surface area contributed by atoms with Gasteiger partial charge in [0.05, 0.1) is 10.9 Å². The SMILES string of the molecule is O=c1nccc(NC(=S)c2nc3ccccc3c(=O)[nH]2)[nH]1. The molecule has 0 amide bonds. The van der Waals surface area contributed by atoms with Crippen LogP contribution >= 0.6 is 12.2 Å². The van der Waals surface area contributed by atoms with Crippen LogP contribution in [0.1, 0.15) is 5.82 Å². The highest BCUT2D eigenvalue weighted by molar-refractivity contribution is 7.81. The number of fused-ring (bicyclic) bond motifs is 1. The number of nitrogens with one attached hydrogen (secondary N) is 3. The molecule has 104 valence electrons. The quantitative estimate of drug-likeness (QED) is 0.605. The molecule has 0 bridgehead atoms. The van der Waals surface area contributed by atoms with Gasteiger partial charge in [-0.05, 0) is 18.2 Å². The zero-order chi connectivity index (χ0) is 14.8. The van der Waals surface area contributed by atoms with Gasteiger partial charge in [-0.3, -0.25) is 9.78 Å². The van der Waals surface area contributed by atoms with Gasteiger partial charge in [0.2, 0.25) is 0 Å². The number of nitrogens with zero attached hydrogens (tertiary/aromatic N) is 2. The Bertz CT molecular complexity index is 947. The molecule has 0 unspecified atom stereocenters. The van der Waals surface area contributed by atoms with Crippen LogP contribution < -0.4 is 16.6 Å². The summed E-state index contributed by atoms with van der Waals surface area (Å²) in [5, 5.41) is 3.28. The monoisotopic (exact) mass is 299 g/mol. The summed E-state index contributed by atoms with van der Waals surface area (Å²) < 4.78 is 0. The van der Waals surface area contributed by atoms with Crippen LogP contribution in [0.3, 0.4) is 0 Å². The first kappa shape index (κ1) is 13.1. The van der Waals surface area contributed by atoms with Crippen molar-refractivity contribution in [3.05, 3.63) is 63.2 Å². The Morgan fingerprint density at radius 1 is 1.14 bits per heavy atom. The Balaban J connectivity index is 1.98. The van der Waals surface area contributed by atoms with E-state index in [4.69, 9.17) is 12.2 Å². The summed E-state index contributed by atoms with van der Waals surface area (Å²) in [5.41, 5.74) is -0.227. The molecule has 3 rings (SSSR count). The first-order valence-electron chi connectivity index (χ1n) is 5.99. The topological polar surface area (TPSA) is 104 Å². The molecule has 0 aliphatic heterocycles. The molecule has 0 saturated heterocycles. The number of hydrogen-bond donors (Lipinski definition) is 3. The van der Waals surface area contributed by atoms with Gasteiger partial charge in [0.1, 0.15) is 10.8 Å². The number of anilines is 1. The summed E-state index contributed by atoms with van der Waals surface area (Å²) in [6.07, 6.45) is 1.35. The number of aromatic amines is 2. The van der Waals surface area contributed by atoms with Gasteiger partial charge in [-0.15, -0.1) is 0 Å². The fourth-order valence-corrected chi connectivity index (χ4v) is 2.02. The van der Waals surface area contributed by atoms with Gasteiger partial charge < -0.3 is 10.3 Å². The van der Waals surface area contributed by atoms with E-state index in [1.807, 2.05) is 0 Å². The minimum Gasteiger partial charge on any atom is -0.330 e. The summed E-state index contributed by atoms with van der Waals surface area (Å²) in [6, 6.07) is 8.51. The highest BCUT2D eigenvalue weighted by Crippen LogP contribution is 2.07. The second-order valence-corrected chi connectivity index (χ2v) is 4.58. The van der Waals surface area contributed by atoms with Crippen LogP contribution in [0.5, 0.6) is 0 Å². The Kier molecular flexibility index (Phi) is 3.28. The number of rotatable bonds is 2. The molecule has 3 aromatic rings. The summed E-state index contributed by atoms with van der Waals surface area (Å²) >= 11 is 5.18. The van der Waals surface area contributed by atoms with Crippen molar-refractivity contribution in [1.82, 2.24) is 19.9 Å². The van der Waals surface area contributed by atoms with Crippen LogP contribution in [0.4, 0.5) is 5.82 Å². The fraction of sp³-hybridized carbons (Fsp3) is 0. The van der Waals surface area contributed by atoms with Crippen molar-refractivity contribution in [1.29, 1.82) is 0 Å². The normalized spacial score (nSPS) is 10.5. The Labute approximate surface area is 123 Å². The number of benzene rings is 1. The van der Waals surface area contributed by atoms with Gasteiger partial charge in [0.15, 0.2) is 5.82 Å². The third kappa shape index (κ3) is 2.70. The number of para-hydroxylation sites is 1. The van der Waals surface area contributed by atoms with Crippen LogP contribution in [0.25, 0.3) is 10.9 Å². The van der Waals surface area contributed by atoms with Gasteiger partial charge in [0.25, 0.3) is 5.56 Å². The molecule has 3 N–H and O–H groups in total. The van der Waals surface area contributed by atoms with E-state index in [0.717, 1.165) is 0 Å². The third-order valence-electron chi connectivity index (χ3n) is 2.75. The summed E-state index contributed by atoms with van der Waals surface area (Å²) in [4.78, 5) is 36.1. The van der Waals surface area contributed by atoms with Crippen LogP contribution in [0.2, 0.25) is 0 Å². The molecule has 21 heavy (non-hydrogen) atoms. The molecule has 0 aliphatic carbocycles. The van der Waals surface area contributed by atoms with Gasteiger partial charge in [0, 0.05) is 6.20 Å². The second-order valence-electron chi connectivity index (χ2n) is 4.17. The first-order chi connectivity index (χ1) is 10.1. The average Bonchev–Trinajstić information content (AvgIpc) is 2.47. The van der Waals surface area contributed by atoms with Crippen molar-refractivity contribution in [2.75, 3.05) is 5.32 Å². The van der Waals surface area contributed by atoms with Crippen LogP contribution in [0.15, 0.2) is 46.1 Å². The lowest BCUT2D eigenvalue weighted by Gasteiger charge is -2.07. The van der Waals surface area contributed by atoms with Crippen LogP contribution in [0, 0.1) is 0 Å². The molecule has 0 spiro atoms. The molecule has 7 nitrogen and oxygen atoms in total. The lowest BCUT2D eigenvalue weighted by molar-refractivity contribution is 1.08. The molecule has 2 aromatic heterocycles. The summed E-state index contributed by atoms with van der Waals surface area (Å²) in [5.74, 6) is 0.599. The predicted octanol–water partition coefficient (Wildman–Crippen LogP) is 0.794. The highest BCUT2D eigenvalue weighted by atomic mass is 32.1. The van der Waals surface area contributed by atoms with E-state index in [1.54, 1.807) is 30.3 Å². The fourth-order valence-electron chi connectivity index (χ4n) is 1.82. The molecule has 8 heteroatoms. The standard InChI is InChI=1S/C13H9N5O2S/c19-11-7-3-1-2-4-8(7)15-10(18-11)12(21)16-9-5-6-14-13(20)17-9/h1-6H,(H,15,18,19)(H2,14,16,17,20,21). The number of H-pyrrole nitrogens is 2. The average molecular weight is 299 g/mol. The molecular formula is C13H9N5O2S. The maximum absolute atomic E-state index is 12.0. The van der Waals surface area contributed by atoms with Crippen molar-refractivity contribution in [3.63, 3.8) is 0 Å². The van der Waals surface area contributed by atoms with Crippen molar-refractivity contribution in [2.45, 2.75) is 0 Å². The minimum absolute atomic E-state index is 0.194. The van der Waals surface area contributed by atoms with Crippen LogP contribution in [-0.2, 0) is 0 Å². The van der Waals surface area contributed by atoms with Gasteiger partial charge in [-0.2, -0.15) is 0 Å². The molecule has 0 atom stereocenters. The van der Waals surface area contributed by atoms with E-state index >= 15 is 0 Å². The van der Waals surface area contributed by atoms with E-state index in [2.05, 4.69) is 25.3 Å². The Morgan fingerprint density at radius 3 is 2.76 bits per heavy atom. The van der Waals surface area contributed by atoms with E-state index in [-0.39, 0.29) is 16.4 Å². The van der Waals surface area contributed by atoms with Crippen molar-refractivity contribution in [2.24, 2.45) is 0 Å². The molecule has 1 aromatic carbocycles. The van der Waals surface area contributed by atoms with Crippen LogP contribution in [-0.4, -0.2) is 24.9 Å². The van der Waals surface area contributed by atoms with E-state index < -0.39 is 5.69 Å². The maximum Gasteiger partial charge on any atom is 0.346 e. The molecule has 0 fully saturated rings. The first-order valence-corrected chi connectivity index (χ1v) is 6.40. The summed E-state index contributed by atoms with van der Waals surface area (Å²) in [6.45, 7) is 0. The minimum atomic E-state index is -0.497. The zero-order valence-corrected chi connectivity index (χ0v) is 11.4. The van der Waals surface area contributed by atoms with Gasteiger partial charge >= 0.3 is 5.69 Å². The molecule has 0 aliphatic rings. The number of aromatic nitrogens is 4. The highest BCUT2D eigenvalue weighted by Gasteiger charge is 2.08. The molecule has 2 heterocycles. The molecule has 0 saturated carbocycles.